The van der Waals surface area contributed by atoms with Crippen LogP contribution in [-0.2, 0) is 24.0 Å². The number of nitrogens with one attached hydrogen (secondary N) is 3. The van der Waals surface area contributed by atoms with Crippen LogP contribution in [0.1, 0.15) is 40.0 Å². The summed E-state index contributed by atoms with van der Waals surface area (Å²) in [7, 11) is 0. The molecule has 12 nitrogen and oxygen atoms in total. The van der Waals surface area contributed by atoms with Crippen LogP contribution in [0, 0.1) is 5.92 Å². The number of amides is 3. The minimum absolute atomic E-state index is 0.155. The highest BCUT2D eigenvalue weighted by Crippen LogP contribution is 2.06. The molecule has 5 atom stereocenters. The van der Waals surface area contributed by atoms with E-state index in [1.54, 1.807) is 6.92 Å². The molecule has 0 spiro atoms. The Balaban J connectivity index is 4.79. The van der Waals surface area contributed by atoms with Crippen LogP contribution in [0.15, 0.2) is 0 Å². The second-order valence-electron chi connectivity index (χ2n) is 6.75. The van der Waals surface area contributed by atoms with Crippen LogP contribution in [0.4, 0.5) is 0 Å². The van der Waals surface area contributed by atoms with Gasteiger partial charge >= 0.3 is 11.9 Å². The SMILES string of the molecule is CCC(C)C(N)C(=O)NC(C(=O)NCC(=O)NC(CCC(=O)O)C(=O)O)C(C)O. The van der Waals surface area contributed by atoms with Crippen molar-refractivity contribution in [1.82, 2.24) is 16.0 Å². The van der Waals surface area contributed by atoms with Gasteiger partial charge < -0.3 is 37.0 Å². The molecule has 0 aliphatic carbocycles. The van der Waals surface area contributed by atoms with Gasteiger partial charge in [-0.3, -0.25) is 19.2 Å². The third-order valence-electron chi connectivity index (χ3n) is 4.33. The lowest BCUT2D eigenvalue weighted by atomic mass is 9.99. The van der Waals surface area contributed by atoms with Gasteiger partial charge in [0, 0.05) is 6.42 Å². The average molecular weight is 418 g/mol. The van der Waals surface area contributed by atoms with E-state index in [2.05, 4.69) is 16.0 Å². The number of rotatable bonds is 13. The van der Waals surface area contributed by atoms with E-state index in [-0.39, 0.29) is 12.3 Å². The first-order valence-electron chi connectivity index (χ1n) is 9.16. The molecule has 0 aromatic carbocycles. The summed E-state index contributed by atoms with van der Waals surface area (Å²) in [5, 5.41) is 34.0. The zero-order valence-electron chi connectivity index (χ0n) is 16.7. The van der Waals surface area contributed by atoms with Crippen molar-refractivity contribution in [3.63, 3.8) is 0 Å². The number of carboxylic acids is 2. The lowest BCUT2D eigenvalue weighted by Gasteiger charge is -2.24. The molecular formula is C17H30N4O8. The fourth-order valence-corrected chi connectivity index (χ4v) is 2.21. The van der Waals surface area contributed by atoms with Crippen molar-refractivity contribution in [3.05, 3.63) is 0 Å². The van der Waals surface area contributed by atoms with Gasteiger partial charge in [0.05, 0.1) is 18.7 Å². The summed E-state index contributed by atoms with van der Waals surface area (Å²) in [4.78, 5) is 57.8. The average Bonchev–Trinajstić information content (AvgIpc) is 2.65. The molecule has 0 aromatic heterocycles. The van der Waals surface area contributed by atoms with Crippen molar-refractivity contribution in [3.8, 4) is 0 Å². The Kier molecular flexibility index (Phi) is 11.5. The quantitative estimate of drug-likeness (QED) is 0.172. The number of carbonyl (C=O) groups is 5. The van der Waals surface area contributed by atoms with Gasteiger partial charge in [-0.05, 0) is 19.3 Å². The molecule has 0 aliphatic rings. The number of aliphatic carboxylic acids is 2. The summed E-state index contributed by atoms with van der Waals surface area (Å²) in [5.41, 5.74) is 5.79. The molecule has 0 radical (unpaired) electrons. The van der Waals surface area contributed by atoms with E-state index in [1.807, 2.05) is 6.92 Å². The highest BCUT2D eigenvalue weighted by molar-refractivity contribution is 5.93. The van der Waals surface area contributed by atoms with Gasteiger partial charge in [-0.1, -0.05) is 20.3 Å². The van der Waals surface area contributed by atoms with E-state index in [9.17, 15) is 29.1 Å². The Morgan fingerprint density at radius 2 is 1.59 bits per heavy atom. The summed E-state index contributed by atoms with van der Waals surface area (Å²) < 4.78 is 0. The first kappa shape index (κ1) is 26.3. The zero-order chi connectivity index (χ0) is 22.7. The highest BCUT2D eigenvalue weighted by atomic mass is 16.4. The van der Waals surface area contributed by atoms with E-state index in [0.717, 1.165) is 0 Å². The molecular weight excluding hydrogens is 388 g/mol. The molecule has 0 saturated heterocycles. The highest BCUT2D eigenvalue weighted by Gasteiger charge is 2.29. The molecule has 0 saturated carbocycles. The lowest BCUT2D eigenvalue weighted by Crippen LogP contribution is -2.58. The molecule has 0 fully saturated rings. The summed E-state index contributed by atoms with van der Waals surface area (Å²) in [6.07, 6.45) is -1.44. The van der Waals surface area contributed by atoms with Crippen molar-refractivity contribution in [2.75, 3.05) is 6.54 Å². The monoisotopic (exact) mass is 418 g/mol. The maximum Gasteiger partial charge on any atom is 0.326 e. The Hall–Kier alpha value is -2.73. The Labute approximate surface area is 168 Å². The Morgan fingerprint density at radius 3 is 2.03 bits per heavy atom. The smallest absolute Gasteiger partial charge is 0.326 e. The van der Waals surface area contributed by atoms with Crippen LogP contribution in [0.2, 0.25) is 0 Å². The molecule has 29 heavy (non-hydrogen) atoms. The second-order valence-corrected chi connectivity index (χ2v) is 6.75. The molecule has 0 aromatic rings. The van der Waals surface area contributed by atoms with Crippen molar-refractivity contribution in [2.45, 2.75) is 64.3 Å². The largest absolute Gasteiger partial charge is 0.481 e. The van der Waals surface area contributed by atoms with Crippen LogP contribution >= 0.6 is 0 Å². The Bertz CT molecular complexity index is 610. The van der Waals surface area contributed by atoms with Gasteiger partial charge in [-0.15, -0.1) is 0 Å². The van der Waals surface area contributed by atoms with Gasteiger partial charge in [-0.25, -0.2) is 4.79 Å². The standard InChI is InChI=1S/C17H30N4O8/c1-4-8(2)13(18)15(26)21-14(9(3)22)16(27)19-7-11(23)20-10(17(28)29)5-6-12(24)25/h8-10,13-14,22H,4-7,18H2,1-3H3,(H,19,27)(H,20,23)(H,21,26)(H,24,25)(H,28,29). The van der Waals surface area contributed by atoms with Gasteiger partial charge in [0.25, 0.3) is 0 Å². The van der Waals surface area contributed by atoms with Gasteiger partial charge in [-0.2, -0.15) is 0 Å². The number of aliphatic hydroxyl groups excluding tert-OH is 1. The summed E-state index contributed by atoms with van der Waals surface area (Å²) >= 11 is 0. The first-order chi connectivity index (χ1) is 13.4. The summed E-state index contributed by atoms with van der Waals surface area (Å²) in [6, 6.07) is -3.69. The number of hydrogen-bond donors (Lipinski definition) is 7. The van der Waals surface area contributed by atoms with Crippen molar-refractivity contribution < 1.29 is 39.3 Å². The van der Waals surface area contributed by atoms with Crippen LogP contribution in [0.25, 0.3) is 0 Å². The van der Waals surface area contributed by atoms with E-state index in [4.69, 9.17) is 15.9 Å². The topological polar surface area (TPSA) is 208 Å². The minimum Gasteiger partial charge on any atom is -0.481 e. The molecule has 0 rings (SSSR count). The number of hydrogen-bond acceptors (Lipinski definition) is 7. The predicted octanol–water partition coefficient (Wildman–Crippen LogP) is -2.22. The van der Waals surface area contributed by atoms with Crippen molar-refractivity contribution >= 4 is 29.7 Å². The normalized spacial score (nSPS) is 15.9. The van der Waals surface area contributed by atoms with E-state index < -0.39 is 66.9 Å². The third kappa shape index (κ3) is 9.85. The maximum absolute atomic E-state index is 12.2. The summed E-state index contributed by atoms with van der Waals surface area (Å²) in [5.74, 6) is -5.16. The summed E-state index contributed by atoms with van der Waals surface area (Å²) in [6.45, 7) is 4.24. The van der Waals surface area contributed by atoms with E-state index in [0.29, 0.717) is 6.42 Å². The van der Waals surface area contributed by atoms with Crippen molar-refractivity contribution in [2.24, 2.45) is 11.7 Å². The molecule has 0 bridgehead atoms. The van der Waals surface area contributed by atoms with Crippen LogP contribution in [0.5, 0.6) is 0 Å². The van der Waals surface area contributed by atoms with Crippen molar-refractivity contribution in [1.29, 1.82) is 0 Å². The fraction of sp³-hybridized carbons (Fsp3) is 0.706. The molecule has 5 unspecified atom stereocenters. The maximum atomic E-state index is 12.2. The van der Waals surface area contributed by atoms with Crippen LogP contribution < -0.4 is 21.7 Å². The van der Waals surface area contributed by atoms with Gasteiger partial charge in [0.1, 0.15) is 12.1 Å². The lowest BCUT2D eigenvalue weighted by molar-refractivity contribution is -0.143. The number of carbonyl (C=O) groups excluding carboxylic acids is 3. The number of nitrogens with two attached hydrogens (primary N) is 1. The molecule has 8 N–H and O–H groups in total. The van der Waals surface area contributed by atoms with Crippen LogP contribution in [0.3, 0.4) is 0 Å². The van der Waals surface area contributed by atoms with Crippen LogP contribution in [-0.4, -0.2) is 75.8 Å². The third-order valence-corrected chi connectivity index (χ3v) is 4.33. The Morgan fingerprint density at radius 1 is 1.00 bits per heavy atom. The van der Waals surface area contributed by atoms with E-state index in [1.165, 1.54) is 6.92 Å². The molecule has 3 amide bonds. The zero-order valence-corrected chi connectivity index (χ0v) is 16.7. The fourth-order valence-electron chi connectivity index (χ4n) is 2.21. The van der Waals surface area contributed by atoms with E-state index >= 15 is 0 Å². The number of carboxylic acid groups (broad SMARTS) is 2. The van der Waals surface area contributed by atoms with Gasteiger partial charge in [0.2, 0.25) is 17.7 Å². The first-order valence-corrected chi connectivity index (χ1v) is 9.16. The van der Waals surface area contributed by atoms with Gasteiger partial charge in [0.15, 0.2) is 0 Å². The predicted molar refractivity (Wildman–Crippen MR) is 100 cm³/mol. The minimum atomic E-state index is -1.43. The molecule has 166 valence electrons. The molecule has 12 heteroatoms. The molecule has 0 heterocycles. The molecule has 0 aliphatic heterocycles. The second kappa shape index (κ2) is 12.7. The number of aliphatic hydroxyl groups is 1.